The average Bonchev–Trinajstić information content (AvgIpc) is 3.25. The number of guanidine groups is 1. The van der Waals surface area contributed by atoms with Gasteiger partial charge in [0.05, 0.1) is 6.54 Å². The highest BCUT2D eigenvalue weighted by atomic mass is 15.2. The van der Waals surface area contributed by atoms with E-state index in [2.05, 4.69) is 22.1 Å². The topological polar surface area (TPSA) is 53.6 Å². The molecular formula is C14H26N4. The average molecular weight is 250 g/mol. The Bertz CT molecular complexity index is 324. The van der Waals surface area contributed by atoms with Gasteiger partial charge in [-0.3, -0.25) is 9.89 Å². The lowest BCUT2D eigenvalue weighted by Crippen LogP contribution is -2.37. The Morgan fingerprint density at radius 2 is 2.22 bits per heavy atom. The Kier molecular flexibility index (Phi) is 3.46. The number of aliphatic imine (C=N–C) groups is 1. The predicted molar refractivity (Wildman–Crippen MR) is 74.5 cm³/mol. The molecule has 18 heavy (non-hydrogen) atoms. The summed E-state index contributed by atoms with van der Waals surface area (Å²) in [5.41, 5.74) is 5.98. The normalized spacial score (nSPS) is 36.9. The van der Waals surface area contributed by atoms with E-state index in [1.54, 1.807) is 0 Å². The second-order valence-corrected chi connectivity index (χ2v) is 6.14. The van der Waals surface area contributed by atoms with Gasteiger partial charge in [0.25, 0.3) is 0 Å². The first-order valence-corrected chi connectivity index (χ1v) is 7.58. The molecule has 0 aromatic rings. The Morgan fingerprint density at radius 1 is 1.39 bits per heavy atom. The van der Waals surface area contributed by atoms with Gasteiger partial charge in [-0.1, -0.05) is 6.92 Å². The van der Waals surface area contributed by atoms with Crippen molar-refractivity contribution in [3.05, 3.63) is 0 Å². The number of nitrogens with one attached hydrogen (secondary N) is 1. The van der Waals surface area contributed by atoms with Crippen molar-refractivity contribution < 1.29 is 0 Å². The van der Waals surface area contributed by atoms with Crippen molar-refractivity contribution >= 4 is 5.96 Å². The molecule has 1 aliphatic heterocycles. The lowest BCUT2D eigenvalue weighted by molar-refractivity contribution is 0.273. The number of hydrogen-bond donors (Lipinski definition) is 2. The fraction of sp³-hybridized carbons (Fsp3) is 0.929. The summed E-state index contributed by atoms with van der Waals surface area (Å²) >= 11 is 0. The highest BCUT2D eigenvalue weighted by Gasteiger charge is 2.47. The first-order valence-electron chi connectivity index (χ1n) is 7.58. The first-order chi connectivity index (χ1) is 8.78. The second kappa shape index (κ2) is 5.08. The Labute approximate surface area is 110 Å². The summed E-state index contributed by atoms with van der Waals surface area (Å²) in [5.74, 6) is 2.57. The van der Waals surface area contributed by atoms with E-state index in [1.165, 1.54) is 38.6 Å². The van der Waals surface area contributed by atoms with Crippen LogP contribution in [0.15, 0.2) is 4.99 Å². The standard InChI is InChI=1S/C14H26N4/c1-2-18-7-3-4-11(18)9-16-14(15)17-13-8-12(13)10-5-6-10/h10-13H,2-9H2,1H3,(H3,15,16,17)/t11?,12-,13+/m0/s1. The zero-order valence-electron chi connectivity index (χ0n) is 11.4. The minimum absolute atomic E-state index is 0.619. The van der Waals surface area contributed by atoms with Gasteiger partial charge in [-0.05, 0) is 57.0 Å². The van der Waals surface area contributed by atoms with Gasteiger partial charge in [0.1, 0.15) is 0 Å². The van der Waals surface area contributed by atoms with Crippen LogP contribution in [0.2, 0.25) is 0 Å². The second-order valence-electron chi connectivity index (χ2n) is 6.14. The maximum atomic E-state index is 5.98. The maximum absolute atomic E-state index is 5.98. The Morgan fingerprint density at radius 3 is 2.94 bits per heavy atom. The molecule has 3 atom stereocenters. The molecule has 1 saturated heterocycles. The third-order valence-corrected chi connectivity index (χ3v) is 4.78. The van der Waals surface area contributed by atoms with E-state index in [0.717, 1.165) is 24.9 Å². The molecule has 4 nitrogen and oxygen atoms in total. The molecule has 0 aromatic carbocycles. The van der Waals surface area contributed by atoms with Crippen LogP contribution in [0.3, 0.4) is 0 Å². The van der Waals surface area contributed by atoms with Crippen molar-refractivity contribution in [1.82, 2.24) is 10.2 Å². The van der Waals surface area contributed by atoms with E-state index in [4.69, 9.17) is 5.73 Å². The zero-order valence-corrected chi connectivity index (χ0v) is 11.4. The smallest absolute Gasteiger partial charge is 0.188 e. The third-order valence-electron chi connectivity index (χ3n) is 4.78. The van der Waals surface area contributed by atoms with Gasteiger partial charge >= 0.3 is 0 Å². The van der Waals surface area contributed by atoms with Gasteiger partial charge in [-0.25, -0.2) is 0 Å². The van der Waals surface area contributed by atoms with Crippen LogP contribution in [0.5, 0.6) is 0 Å². The molecule has 3 aliphatic rings. The molecule has 2 aliphatic carbocycles. The first kappa shape index (κ1) is 12.3. The molecule has 3 rings (SSSR count). The van der Waals surface area contributed by atoms with E-state index in [0.29, 0.717) is 18.0 Å². The van der Waals surface area contributed by atoms with Crippen LogP contribution < -0.4 is 11.1 Å². The fourth-order valence-electron chi connectivity index (χ4n) is 3.38. The minimum atomic E-state index is 0.619. The van der Waals surface area contributed by atoms with Crippen molar-refractivity contribution in [1.29, 1.82) is 0 Å². The lowest BCUT2D eigenvalue weighted by atomic mass is 10.2. The number of nitrogens with zero attached hydrogens (tertiary/aromatic N) is 2. The molecule has 4 heteroatoms. The summed E-state index contributed by atoms with van der Waals surface area (Å²) in [6.07, 6.45) is 6.78. The van der Waals surface area contributed by atoms with Crippen LogP contribution in [0.4, 0.5) is 0 Å². The van der Waals surface area contributed by atoms with E-state index in [1.807, 2.05) is 0 Å². The van der Waals surface area contributed by atoms with Crippen LogP contribution >= 0.6 is 0 Å². The molecule has 0 radical (unpaired) electrons. The molecule has 1 unspecified atom stereocenters. The van der Waals surface area contributed by atoms with Gasteiger partial charge in [0, 0.05) is 12.1 Å². The minimum Gasteiger partial charge on any atom is -0.370 e. The van der Waals surface area contributed by atoms with Crippen molar-refractivity contribution in [3.63, 3.8) is 0 Å². The van der Waals surface area contributed by atoms with E-state index < -0.39 is 0 Å². The van der Waals surface area contributed by atoms with Crippen molar-refractivity contribution in [3.8, 4) is 0 Å². The molecule has 3 N–H and O–H groups in total. The van der Waals surface area contributed by atoms with Crippen LogP contribution in [0.1, 0.15) is 39.0 Å². The SMILES string of the molecule is CCN1CCCC1CN=C(N)N[C@@H]1C[C@H]1C1CC1. The molecule has 0 aromatic heterocycles. The molecule has 2 saturated carbocycles. The third kappa shape index (κ3) is 2.79. The zero-order chi connectivity index (χ0) is 12.5. The van der Waals surface area contributed by atoms with E-state index in [-0.39, 0.29) is 0 Å². The quantitative estimate of drug-likeness (QED) is 0.569. The summed E-state index contributed by atoms with van der Waals surface area (Å²) in [4.78, 5) is 7.06. The van der Waals surface area contributed by atoms with Crippen LogP contribution in [-0.4, -0.2) is 42.6 Å². The molecule has 0 amide bonds. The van der Waals surface area contributed by atoms with Crippen LogP contribution in [0, 0.1) is 11.8 Å². The molecule has 3 fully saturated rings. The Balaban J connectivity index is 1.41. The summed E-state index contributed by atoms with van der Waals surface area (Å²) in [6, 6.07) is 1.25. The lowest BCUT2D eigenvalue weighted by Gasteiger charge is -2.21. The maximum Gasteiger partial charge on any atom is 0.188 e. The highest BCUT2D eigenvalue weighted by Crippen LogP contribution is 2.49. The number of hydrogen-bond acceptors (Lipinski definition) is 2. The summed E-state index contributed by atoms with van der Waals surface area (Å²) in [6.45, 7) is 5.47. The molecule has 0 spiro atoms. The van der Waals surface area contributed by atoms with E-state index in [9.17, 15) is 0 Å². The number of likely N-dealkylation sites (N-methyl/N-ethyl adjacent to an activating group) is 1. The van der Waals surface area contributed by atoms with Crippen molar-refractivity contribution in [2.24, 2.45) is 22.6 Å². The highest BCUT2D eigenvalue weighted by molar-refractivity contribution is 5.78. The van der Waals surface area contributed by atoms with Crippen molar-refractivity contribution in [2.75, 3.05) is 19.6 Å². The Hall–Kier alpha value is -0.770. The van der Waals surface area contributed by atoms with Crippen molar-refractivity contribution in [2.45, 2.75) is 51.1 Å². The van der Waals surface area contributed by atoms with Gasteiger partial charge in [-0.15, -0.1) is 0 Å². The van der Waals surface area contributed by atoms with Gasteiger partial charge < -0.3 is 11.1 Å². The number of nitrogens with two attached hydrogens (primary N) is 1. The van der Waals surface area contributed by atoms with Crippen LogP contribution in [0.25, 0.3) is 0 Å². The predicted octanol–water partition coefficient (Wildman–Crippen LogP) is 1.17. The number of rotatable bonds is 5. The number of likely N-dealkylation sites (tertiary alicyclic amines) is 1. The summed E-state index contributed by atoms with van der Waals surface area (Å²) in [5, 5.41) is 3.39. The molecule has 1 heterocycles. The molecule has 102 valence electrons. The fourth-order valence-corrected chi connectivity index (χ4v) is 3.38. The van der Waals surface area contributed by atoms with Gasteiger partial charge in [0.15, 0.2) is 5.96 Å². The van der Waals surface area contributed by atoms with E-state index >= 15 is 0 Å². The van der Waals surface area contributed by atoms with Gasteiger partial charge in [0.2, 0.25) is 0 Å². The van der Waals surface area contributed by atoms with Gasteiger partial charge in [-0.2, -0.15) is 0 Å². The molecule has 0 bridgehead atoms. The summed E-state index contributed by atoms with van der Waals surface area (Å²) in [7, 11) is 0. The monoisotopic (exact) mass is 250 g/mol. The molecular weight excluding hydrogens is 224 g/mol. The van der Waals surface area contributed by atoms with Crippen LogP contribution in [-0.2, 0) is 0 Å². The summed E-state index contributed by atoms with van der Waals surface area (Å²) < 4.78 is 0. The largest absolute Gasteiger partial charge is 0.370 e.